The van der Waals surface area contributed by atoms with E-state index in [1.165, 1.54) is 0 Å². The summed E-state index contributed by atoms with van der Waals surface area (Å²) in [7, 11) is 0. The second-order valence-corrected chi connectivity index (χ2v) is 6.50. The molecule has 8 heteroatoms. The largest absolute Gasteiger partial charge is 0.477 e. The van der Waals surface area contributed by atoms with Gasteiger partial charge in [0.25, 0.3) is 0 Å². The van der Waals surface area contributed by atoms with Crippen molar-refractivity contribution in [2.24, 2.45) is 0 Å². The molecule has 0 saturated carbocycles. The van der Waals surface area contributed by atoms with Crippen LogP contribution >= 0.6 is 0 Å². The molecule has 0 spiro atoms. The molecule has 22 heavy (non-hydrogen) atoms. The number of nitrogens with zero attached hydrogens (tertiary/aromatic N) is 1. The first-order valence-electron chi connectivity index (χ1n) is 7.43. The molecule has 1 aliphatic heterocycles. The van der Waals surface area contributed by atoms with Crippen molar-refractivity contribution in [3.8, 4) is 0 Å². The number of carbonyl (C=O) groups is 3. The van der Waals surface area contributed by atoms with Gasteiger partial charge in [-0.3, -0.25) is 5.32 Å². The third-order valence-corrected chi connectivity index (χ3v) is 3.39. The van der Waals surface area contributed by atoms with Crippen LogP contribution < -0.4 is 10.6 Å². The number of ether oxygens (including phenoxy) is 1. The van der Waals surface area contributed by atoms with E-state index in [1.54, 1.807) is 20.8 Å². The van der Waals surface area contributed by atoms with Gasteiger partial charge in [-0.2, -0.15) is 0 Å². The Morgan fingerprint density at radius 1 is 1.41 bits per heavy atom. The van der Waals surface area contributed by atoms with Gasteiger partial charge in [-0.1, -0.05) is 0 Å². The van der Waals surface area contributed by atoms with Crippen LogP contribution in [0.5, 0.6) is 0 Å². The van der Waals surface area contributed by atoms with E-state index in [-0.39, 0.29) is 23.5 Å². The molecular weight excluding hydrogens is 290 g/mol. The average molecular weight is 316 g/mol. The Morgan fingerprint density at radius 2 is 2.09 bits per heavy atom. The summed E-state index contributed by atoms with van der Waals surface area (Å²) in [5.41, 5.74) is -0.560. The molecule has 126 valence electrons. The van der Waals surface area contributed by atoms with Crippen LogP contribution in [0.2, 0.25) is 0 Å². The van der Waals surface area contributed by atoms with Gasteiger partial charge in [0, 0.05) is 19.5 Å². The number of carbonyl (C=O) groups excluding carboxylic acids is 2. The van der Waals surface area contributed by atoms with Crippen LogP contribution in [0.1, 0.15) is 27.2 Å². The fourth-order valence-electron chi connectivity index (χ4n) is 2.41. The van der Waals surface area contributed by atoms with Crippen molar-refractivity contribution in [1.29, 1.82) is 0 Å². The van der Waals surface area contributed by atoms with Crippen molar-refractivity contribution in [1.82, 2.24) is 10.6 Å². The second kappa shape index (κ2) is 7.55. The predicted molar refractivity (Wildman–Crippen MR) is 79.2 cm³/mol. The van der Waals surface area contributed by atoms with Gasteiger partial charge < -0.3 is 15.2 Å². The monoisotopic (exact) mass is 316 g/mol. The van der Waals surface area contributed by atoms with E-state index in [2.05, 4.69) is 10.6 Å². The molecule has 0 aromatic carbocycles. The standard InChI is InChI=1S/C14H25N3O5/c1-14(2,3)22-13(21)16-5-4-7-17(10-12(19)20)8-6-15-9-11(17)18/h15H,4-10H2,1-3H3,(H-,16,19,20,21)/p+1. The number of hydrogen-bond donors (Lipinski definition) is 3. The number of nitrogens with one attached hydrogen (secondary N) is 2. The number of hydrogen-bond acceptors (Lipinski definition) is 5. The molecule has 1 atom stereocenters. The SMILES string of the molecule is CC(C)(C)OC(=O)NCCC[N+]1(CC(=O)O)CCNCC1=O. The molecule has 1 unspecified atom stereocenters. The molecule has 1 aliphatic rings. The third kappa shape index (κ3) is 5.98. The first-order valence-corrected chi connectivity index (χ1v) is 7.43. The first-order chi connectivity index (χ1) is 10.1. The highest BCUT2D eigenvalue weighted by Gasteiger charge is 2.40. The van der Waals surface area contributed by atoms with Crippen molar-refractivity contribution in [3.05, 3.63) is 0 Å². The summed E-state index contributed by atoms with van der Waals surface area (Å²) in [6, 6.07) is 0. The zero-order valence-electron chi connectivity index (χ0n) is 13.5. The summed E-state index contributed by atoms with van der Waals surface area (Å²) >= 11 is 0. The van der Waals surface area contributed by atoms with E-state index in [0.717, 1.165) is 0 Å². The fourth-order valence-corrected chi connectivity index (χ4v) is 2.41. The Kier molecular flexibility index (Phi) is 6.31. The van der Waals surface area contributed by atoms with Gasteiger partial charge in [-0.15, -0.1) is 0 Å². The van der Waals surface area contributed by atoms with Crippen molar-refractivity contribution in [2.45, 2.75) is 32.8 Å². The molecule has 8 nitrogen and oxygen atoms in total. The highest BCUT2D eigenvalue weighted by molar-refractivity contribution is 5.76. The summed E-state index contributed by atoms with van der Waals surface area (Å²) in [6.07, 6.45) is 0.00191. The number of piperazine rings is 1. The topological polar surface area (TPSA) is 105 Å². The Balaban J connectivity index is 2.46. The molecule has 0 aliphatic carbocycles. The molecule has 3 N–H and O–H groups in total. The van der Waals surface area contributed by atoms with Gasteiger partial charge in [0.05, 0.1) is 13.1 Å². The van der Waals surface area contributed by atoms with E-state index in [4.69, 9.17) is 9.84 Å². The maximum atomic E-state index is 12.1. The lowest BCUT2D eigenvalue weighted by Gasteiger charge is -2.37. The molecule has 1 fully saturated rings. The number of rotatable bonds is 6. The van der Waals surface area contributed by atoms with Crippen LogP contribution in [0.15, 0.2) is 0 Å². The Bertz CT molecular complexity index is 433. The fraction of sp³-hybridized carbons (Fsp3) is 0.786. The molecule has 1 saturated heterocycles. The van der Waals surface area contributed by atoms with Gasteiger partial charge >= 0.3 is 18.0 Å². The van der Waals surface area contributed by atoms with E-state index >= 15 is 0 Å². The van der Waals surface area contributed by atoms with Crippen LogP contribution in [0, 0.1) is 0 Å². The minimum absolute atomic E-state index is 0.0711. The number of carboxylic acids is 1. The van der Waals surface area contributed by atoms with Crippen LogP contribution in [0.3, 0.4) is 0 Å². The number of quaternary nitrogens is 1. The molecule has 1 rings (SSSR count). The van der Waals surface area contributed by atoms with Crippen molar-refractivity contribution in [2.75, 3.05) is 39.3 Å². The molecule has 0 aromatic heterocycles. The minimum atomic E-state index is -0.990. The van der Waals surface area contributed by atoms with Gasteiger partial charge in [-0.25, -0.2) is 18.9 Å². The van der Waals surface area contributed by atoms with Crippen LogP contribution in [-0.4, -0.2) is 72.4 Å². The second-order valence-electron chi connectivity index (χ2n) is 6.50. The summed E-state index contributed by atoms with van der Waals surface area (Å²) in [6.45, 7) is 7.10. The quantitative estimate of drug-likeness (QED) is 0.468. The number of carboxylic acid groups (broad SMARTS) is 1. The highest BCUT2D eigenvalue weighted by atomic mass is 16.6. The van der Waals surface area contributed by atoms with Crippen LogP contribution in [-0.2, 0) is 14.3 Å². The van der Waals surface area contributed by atoms with Crippen molar-refractivity contribution in [3.63, 3.8) is 0 Å². The highest BCUT2D eigenvalue weighted by Crippen LogP contribution is 2.12. The normalized spacial score (nSPS) is 22.2. The van der Waals surface area contributed by atoms with Gasteiger partial charge in [0.1, 0.15) is 12.1 Å². The number of alkyl carbamates (subject to hydrolysis) is 1. The summed E-state index contributed by atoms with van der Waals surface area (Å²) in [4.78, 5) is 34.7. The summed E-state index contributed by atoms with van der Waals surface area (Å²) in [5, 5.41) is 14.6. The van der Waals surface area contributed by atoms with Gasteiger partial charge in [-0.05, 0) is 20.8 Å². The number of amides is 2. The Hall–Kier alpha value is -1.67. The van der Waals surface area contributed by atoms with Crippen LogP contribution in [0.4, 0.5) is 4.79 Å². The molecule has 0 radical (unpaired) electrons. The van der Waals surface area contributed by atoms with Crippen LogP contribution in [0.25, 0.3) is 0 Å². The van der Waals surface area contributed by atoms with E-state index in [9.17, 15) is 14.4 Å². The summed E-state index contributed by atoms with van der Waals surface area (Å²) < 4.78 is 5.04. The minimum Gasteiger partial charge on any atom is -0.477 e. The zero-order valence-corrected chi connectivity index (χ0v) is 13.5. The number of aliphatic carboxylic acids is 1. The molecular formula is C14H26N3O5+. The van der Waals surface area contributed by atoms with E-state index < -0.39 is 17.7 Å². The Morgan fingerprint density at radius 3 is 2.64 bits per heavy atom. The smallest absolute Gasteiger partial charge is 0.407 e. The summed E-state index contributed by atoms with van der Waals surface area (Å²) in [5.74, 6) is -1.11. The first kappa shape index (κ1) is 18.4. The maximum absolute atomic E-state index is 12.1. The maximum Gasteiger partial charge on any atom is 0.407 e. The molecule has 0 bridgehead atoms. The zero-order chi connectivity index (χ0) is 16.8. The van der Waals surface area contributed by atoms with E-state index in [0.29, 0.717) is 32.6 Å². The molecule has 1 heterocycles. The third-order valence-electron chi connectivity index (χ3n) is 3.39. The molecule has 2 amide bonds. The van der Waals surface area contributed by atoms with Crippen molar-refractivity contribution < 1.29 is 28.7 Å². The molecule has 0 aromatic rings. The van der Waals surface area contributed by atoms with E-state index in [1.807, 2.05) is 0 Å². The lowest BCUT2D eigenvalue weighted by molar-refractivity contribution is -0.848. The van der Waals surface area contributed by atoms with Gasteiger partial charge in [0.2, 0.25) is 0 Å². The lowest BCUT2D eigenvalue weighted by Crippen LogP contribution is -2.64. The lowest BCUT2D eigenvalue weighted by atomic mass is 10.2. The average Bonchev–Trinajstić information content (AvgIpc) is 2.35. The van der Waals surface area contributed by atoms with Crippen molar-refractivity contribution >= 4 is 18.0 Å². The Labute approximate surface area is 130 Å². The van der Waals surface area contributed by atoms with Gasteiger partial charge in [0.15, 0.2) is 6.54 Å². The predicted octanol–water partition coefficient (Wildman–Crippen LogP) is -0.0676.